The first kappa shape index (κ1) is 15.0. The monoisotopic (exact) mass is 225 g/mol. The van der Waals surface area contributed by atoms with Gasteiger partial charge in [0.1, 0.15) is 5.60 Å². The third kappa shape index (κ3) is 8.31. The summed E-state index contributed by atoms with van der Waals surface area (Å²) in [6.45, 7) is 8.24. The van der Waals surface area contributed by atoms with Crippen LogP contribution in [0.1, 0.15) is 47.0 Å². The Morgan fingerprint density at radius 2 is 2.12 bits per heavy atom. The second-order valence-corrected chi connectivity index (χ2v) is 4.80. The second kappa shape index (κ2) is 7.29. The molecule has 0 fully saturated rings. The Morgan fingerprint density at radius 1 is 1.50 bits per heavy atom. The molecule has 0 aromatic carbocycles. The smallest absolute Gasteiger partial charge is 0.307 e. The van der Waals surface area contributed by atoms with Crippen LogP contribution < -0.4 is 5.32 Å². The van der Waals surface area contributed by atoms with Crippen LogP contribution in [-0.4, -0.2) is 24.2 Å². The number of rotatable bonds is 6. The predicted octanol–water partition coefficient (Wildman–Crippen LogP) is 2.11. The van der Waals surface area contributed by atoms with Crippen LogP contribution >= 0.6 is 0 Å². The van der Waals surface area contributed by atoms with E-state index in [2.05, 4.69) is 18.2 Å². The largest absolute Gasteiger partial charge is 0.460 e. The molecular formula is C13H23NO2. The fraction of sp³-hybridized carbons (Fsp3) is 0.769. The van der Waals surface area contributed by atoms with Crippen LogP contribution in [0.25, 0.3) is 0 Å². The molecule has 1 unspecified atom stereocenters. The van der Waals surface area contributed by atoms with Crippen molar-refractivity contribution in [3.63, 3.8) is 0 Å². The van der Waals surface area contributed by atoms with Gasteiger partial charge in [0.2, 0.25) is 0 Å². The minimum absolute atomic E-state index is 0.0624. The lowest BCUT2D eigenvalue weighted by Gasteiger charge is -2.19. The van der Waals surface area contributed by atoms with Crippen molar-refractivity contribution >= 4 is 5.97 Å². The molecule has 0 aliphatic heterocycles. The normalized spacial score (nSPS) is 12.9. The second-order valence-electron chi connectivity index (χ2n) is 4.80. The predicted molar refractivity (Wildman–Crippen MR) is 66.0 cm³/mol. The lowest BCUT2D eigenvalue weighted by atomic mass is 10.2. The maximum atomic E-state index is 11.4. The molecule has 1 N–H and O–H groups in total. The molecule has 16 heavy (non-hydrogen) atoms. The number of esters is 1. The fourth-order valence-corrected chi connectivity index (χ4v) is 1.27. The van der Waals surface area contributed by atoms with Gasteiger partial charge in [-0.3, -0.25) is 4.79 Å². The minimum Gasteiger partial charge on any atom is -0.460 e. The topological polar surface area (TPSA) is 38.3 Å². The lowest BCUT2D eigenvalue weighted by molar-refractivity contribution is -0.154. The summed E-state index contributed by atoms with van der Waals surface area (Å²) in [5.41, 5.74) is -0.411. The van der Waals surface area contributed by atoms with E-state index in [0.717, 1.165) is 12.8 Å². The summed E-state index contributed by atoms with van der Waals surface area (Å²) >= 11 is 0. The van der Waals surface area contributed by atoms with Crippen molar-refractivity contribution in [3.05, 3.63) is 0 Å². The molecule has 0 saturated carbocycles. The van der Waals surface area contributed by atoms with Crippen molar-refractivity contribution in [1.82, 2.24) is 5.32 Å². The van der Waals surface area contributed by atoms with E-state index in [4.69, 9.17) is 11.2 Å². The molecule has 0 aromatic heterocycles. The molecule has 0 aromatic rings. The Hall–Kier alpha value is -1.01. The third-order valence-corrected chi connectivity index (χ3v) is 1.92. The molecule has 0 rings (SSSR count). The van der Waals surface area contributed by atoms with E-state index in [0.29, 0.717) is 13.0 Å². The average molecular weight is 225 g/mol. The van der Waals surface area contributed by atoms with Gasteiger partial charge in [0.15, 0.2) is 0 Å². The lowest BCUT2D eigenvalue weighted by Crippen LogP contribution is -2.31. The first-order valence-electron chi connectivity index (χ1n) is 5.80. The molecule has 3 nitrogen and oxygen atoms in total. The molecule has 0 aliphatic rings. The molecule has 0 aliphatic carbocycles. The van der Waals surface area contributed by atoms with Gasteiger partial charge in [-0.2, -0.15) is 0 Å². The molecule has 0 amide bonds. The van der Waals surface area contributed by atoms with Gasteiger partial charge in [0.25, 0.3) is 0 Å². The summed E-state index contributed by atoms with van der Waals surface area (Å²) in [7, 11) is 0. The minimum atomic E-state index is -0.411. The number of ether oxygens (including phenoxy) is 1. The van der Waals surface area contributed by atoms with Crippen molar-refractivity contribution in [3.8, 4) is 12.3 Å². The number of carbonyl (C=O) groups excluding carboxylic acids is 1. The van der Waals surface area contributed by atoms with Gasteiger partial charge >= 0.3 is 5.97 Å². The molecule has 0 heterocycles. The highest BCUT2D eigenvalue weighted by atomic mass is 16.6. The zero-order valence-corrected chi connectivity index (χ0v) is 10.8. The van der Waals surface area contributed by atoms with E-state index in [9.17, 15) is 4.79 Å². The Kier molecular flexibility index (Phi) is 6.83. The number of hydrogen-bond acceptors (Lipinski definition) is 3. The average Bonchev–Trinajstić information content (AvgIpc) is 2.13. The summed E-state index contributed by atoms with van der Waals surface area (Å²) in [4.78, 5) is 11.4. The molecule has 1 atom stereocenters. The van der Waals surface area contributed by atoms with E-state index >= 15 is 0 Å². The molecule has 0 spiro atoms. The highest BCUT2D eigenvalue weighted by Crippen LogP contribution is 2.07. The highest BCUT2D eigenvalue weighted by Gasteiger charge is 2.15. The highest BCUT2D eigenvalue weighted by molar-refractivity contribution is 5.70. The summed E-state index contributed by atoms with van der Waals surface area (Å²) in [6.07, 6.45) is 7.68. The quantitative estimate of drug-likeness (QED) is 0.556. The van der Waals surface area contributed by atoms with Crippen LogP contribution in [0.4, 0.5) is 0 Å². The van der Waals surface area contributed by atoms with Crippen LogP contribution in [0.2, 0.25) is 0 Å². The van der Waals surface area contributed by atoms with Crippen LogP contribution in [0.3, 0.4) is 0 Å². The maximum absolute atomic E-state index is 11.4. The summed E-state index contributed by atoms with van der Waals surface area (Å²) in [5.74, 6) is 2.47. The van der Waals surface area contributed by atoms with Crippen LogP contribution in [0, 0.1) is 12.3 Å². The van der Waals surface area contributed by atoms with Crippen molar-refractivity contribution in [1.29, 1.82) is 0 Å². The fourth-order valence-electron chi connectivity index (χ4n) is 1.27. The Labute approximate surface area is 98.9 Å². The van der Waals surface area contributed by atoms with Gasteiger partial charge < -0.3 is 10.1 Å². The molecule has 0 bridgehead atoms. The van der Waals surface area contributed by atoms with Crippen molar-refractivity contribution in [2.24, 2.45) is 0 Å². The molecule has 3 heteroatoms. The Bertz CT molecular complexity index is 248. The standard InChI is InChI=1S/C13H23NO2/c1-6-8-11(7-2)14-10-9-12(15)16-13(3,4)5/h2,11,14H,6,8-10H2,1,3-5H3. The van der Waals surface area contributed by atoms with Gasteiger partial charge in [-0.25, -0.2) is 0 Å². The third-order valence-electron chi connectivity index (χ3n) is 1.92. The Balaban J connectivity index is 3.73. The number of hydrogen-bond donors (Lipinski definition) is 1. The van der Waals surface area contributed by atoms with Gasteiger partial charge in [0.05, 0.1) is 12.5 Å². The van der Waals surface area contributed by atoms with Crippen molar-refractivity contribution in [2.45, 2.75) is 58.6 Å². The molecule has 92 valence electrons. The van der Waals surface area contributed by atoms with Gasteiger partial charge in [0, 0.05) is 6.54 Å². The number of terminal acetylenes is 1. The van der Waals surface area contributed by atoms with E-state index in [1.807, 2.05) is 20.8 Å². The maximum Gasteiger partial charge on any atom is 0.307 e. The molecular weight excluding hydrogens is 202 g/mol. The van der Waals surface area contributed by atoms with Crippen molar-refractivity contribution in [2.75, 3.05) is 6.54 Å². The van der Waals surface area contributed by atoms with Crippen LogP contribution in [0.15, 0.2) is 0 Å². The summed E-state index contributed by atoms with van der Waals surface area (Å²) in [5, 5.41) is 3.15. The zero-order chi connectivity index (χ0) is 12.6. The SMILES string of the molecule is C#CC(CCC)NCCC(=O)OC(C)(C)C. The zero-order valence-electron chi connectivity index (χ0n) is 10.8. The number of carbonyl (C=O) groups is 1. The van der Waals surface area contributed by atoms with Crippen LogP contribution in [-0.2, 0) is 9.53 Å². The summed E-state index contributed by atoms with van der Waals surface area (Å²) < 4.78 is 5.18. The van der Waals surface area contributed by atoms with Gasteiger partial charge in [-0.15, -0.1) is 6.42 Å². The molecule has 0 saturated heterocycles. The van der Waals surface area contributed by atoms with Gasteiger partial charge in [-0.05, 0) is 27.2 Å². The molecule has 0 radical (unpaired) electrons. The van der Waals surface area contributed by atoms with E-state index in [-0.39, 0.29) is 12.0 Å². The summed E-state index contributed by atoms with van der Waals surface area (Å²) in [6, 6.07) is 0.0624. The first-order valence-corrected chi connectivity index (χ1v) is 5.80. The van der Waals surface area contributed by atoms with Crippen molar-refractivity contribution < 1.29 is 9.53 Å². The Morgan fingerprint density at radius 3 is 2.56 bits per heavy atom. The van der Waals surface area contributed by atoms with E-state index < -0.39 is 5.60 Å². The van der Waals surface area contributed by atoms with E-state index in [1.54, 1.807) is 0 Å². The van der Waals surface area contributed by atoms with Crippen LogP contribution in [0.5, 0.6) is 0 Å². The van der Waals surface area contributed by atoms with Gasteiger partial charge in [-0.1, -0.05) is 19.3 Å². The first-order chi connectivity index (χ1) is 7.39. The van der Waals surface area contributed by atoms with E-state index in [1.165, 1.54) is 0 Å². The number of nitrogens with one attached hydrogen (secondary N) is 1.